The van der Waals surface area contributed by atoms with Crippen molar-refractivity contribution in [1.82, 2.24) is 9.80 Å². The lowest BCUT2D eigenvalue weighted by Gasteiger charge is -2.46. The summed E-state index contributed by atoms with van der Waals surface area (Å²) in [6.07, 6.45) is 1.98. The van der Waals surface area contributed by atoms with Crippen molar-refractivity contribution in [2.24, 2.45) is 0 Å². The first kappa shape index (κ1) is 11.5. The van der Waals surface area contributed by atoms with Gasteiger partial charge >= 0.3 is 0 Å². The maximum absolute atomic E-state index is 11.7. The predicted molar refractivity (Wildman–Crippen MR) is 57.6 cm³/mol. The minimum absolute atomic E-state index is 0.0590. The lowest BCUT2D eigenvalue weighted by Crippen LogP contribution is -2.63. The number of rotatable bonds is 3. The van der Waals surface area contributed by atoms with Crippen LogP contribution in [-0.4, -0.2) is 58.5 Å². The van der Waals surface area contributed by atoms with Crippen LogP contribution in [0.25, 0.3) is 0 Å². The fourth-order valence-corrected chi connectivity index (χ4v) is 2.31. The number of likely N-dealkylation sites (tertiary alicyclic amines) is 2. The lowest BCUT2D eigenvalue weighted by atomic mass is 9.91. The molecule has 2 aliphatic rings. The van der Waals surface area contributed by atoms with Crippen LogP contribution in [0.1, 0.15) is 26.2 Å². The molecule has 0 atom stereocenters. The van der Waals surface area contributed by atoms with Crippen LogP contribution in [-0.2, 0) is 9.59 Å². The van der Waals surface area contributed by atoms with Gasteiger partial charge in [0.05, 0.1) is 12.1 Å². The molecule has 0 radical (unpaired) electrons. The Morgan fingerprint density at radius 1 is 1.50 bits per heavy atom. The van der Waals surface area contributed by atoms with Gasteiger partial charge in [0.25, 0.3) is 0 Å². The van der Waals surface area contributed by atoms with Crippen molar-refractivity contribution >= 4 is 11.8 Å². The van der Waals surface area contributed by atoms with E-state index in [1.54, 1.807) is 0 Å². The van der Waals surface area contributed by atoms with E-state index in [-0.39, 0.29) is 18.4 Å². The minimum Gasteiger partial charge on any atom is -0.387 e. The van der Waals surface area contributed by atoms with Crippen LogP contribution >= 0.6 is 0 Å². The van der Waals surface area contributed by atoms with Crippen LogP contribution in [0, 0.1) is 0 Å². The molecule has 2 amide bonds. The highest BCUT2D eigenvalue weighted by molar-refractivity contribution is 5.97. The van der Waals surface area contributed by atoms with E-state index in [1.165, 1.54) is 4.90 Å². The third kappa shape index (κ3) is 2.10. The summed E-state index contributed by atoms with van der Waals surface area (Å²) in [5.74, 6) is -0.183. The zero-order chi connectivity index (χ0) is 11.8. The Morgan fingerprint density at radius 2 is 2.19 bits per heavy atom. The van der Waals surface area contributed by atoms with Crippen LogP contribution in [0.3, 0.4) is 0 Å². The van der Waals surface area contributed by atoms with E-state index >= 15 is 0 Å². The number of amides is 2. The Kier molecular flexibility index (Phi) is 2.99. The lowest BCUT2D eigenvalue weighted by molar-refractivity contribution is -0.148. The molecule has 0 aromatic rings. The van der Waals surface area contributed by atoms with Crippen LogP contribution in [0.15, 0.2) is 0 Å². The molecule has 1 N–H and O–H groups in total. The molecule has 5 heteroatoms. The molecule has 5 nitrogen and oxygen atoms in total. The number of aliphatic hydroxyl groups is 1. The molecule has 2 saturated heterocycles. The van der Waals surface area contributed by atoms with E-state index in [9.17, 15) is 14.7 Å². The Morgan fingerprint density at radius 3 is 2.69 bits per heavy atom. The predicted octanol–water partition coefficient (Wildman–Crippen LogP) is -0.408. The highest BCUT2D eigenvalue weighted by Crippen LogP contribution is 2.24. The maximum Gasteiger partial charge on any atom is 0.243 e. The largest absolute Gasteiger partial charge is 0.387 e. The second kappa shape index (κ2) is 4.14. The second-order valence-electron chi connectivity index (χ2n) is 4.77. The van der Waals surface area contributed by atoms with E-state index in [0.29, 0.717) is 32.5 Å². The molecule has 2 fully saturated rings. The van der Waals surface area contributed by atoms with Crippen molar-refractivity contribution < 1.29 is 14.7 Å². The molecule has 2 aliphatic heterocycles. The number of nitrogens with zero attached hydrogens (tertiary/aromatic N) is 2. The quantitative estimate of drug-likeness (QED) is 0.711. The summed E-state index contributed by atoms with van der Waals surface area (Å²) in [6.45, 7) is 3.83. The summed E-state index contributed by atoms with van der Waals surface area (Å²) >= 11 is 0. The van der Waals surface area contributed by atoms with Crippen molar-refractivity contribution in [2.75, 3.05) is 26.2 Å². The van der Waals surface area contributed by atoms with E-state index in [1.807, 2.05) is 11.8 Å². The Hall–Kier alpha value is -0.940. The summed E-state index contributed by atoms with van der Waals surface area (Å²) in [6, 6.07) is 0. The summed E-state index contributed by atoms with van der Waals surface area (Å²) in [5, 5.41) is 9.79. The first-order valence-corrected chi connectivity index (χ1v) is 5.82. The Balaban J connectivity index is 1.79. The number of hydrogen-bond acceptors (Lipinski definition) is 4. The van der Waals surface area contributed by atoms with Crippen molar-refractivity contribution in [3.8, 4) is 0 Å². The molecular weight excluding hydrogens is 208 g/mol. The van der Waals surface area contributed by atoms with Gasteiger partial charge in [-0.25, -0.2) is 0 Å². The molecule has 0 spiro atoms. The van der Waals surface area contributed by atoms with Gasteiger partial charge in [-0.05, 0) is 12.8 Å². The van der Waals surface area contributed by atoms with Gasteiger partial charge in [-0.2, -0.15) is 0 Å². The molecule has 2 heterocycles. The minimum atomic E-state index is -0.616. The number of carbonyl (C=O) groups is 2. The van der Waals surface area contributed by atoms with Crippen molar-refractivity contribution in [3.63, 3.8) is 0 Å². The highest BCUT2D eigenvalue weighted by Gasteiger charge is 2.41. The number of carbonyl (C=O) groups excluding carboxylic acids is 2. The zero-order valence-corrected chi connectivity index (χ0v) is 9.61. The van der Waals surface area contributed by atoms with E-state index in [4.69, 9.17) is 0 Å². The van der Waals surface area contributed by atoms with Gasteiger partial charge in [0.15, 0.2) is 0 Å². The van der Waals surface area contributed by atoms with Crippen molar-refractivity contribution in [2.45, 2.75) is 31.8 Å². The molecule has 2 rings (SSSR count). The second-order valence-corrected chi connectivity index (χ2v) is 4.77. The normalized spacial score (nSPS) is 24.6. The molecule has 16 heavy (non-hydrogen) atoms. The molecule has 0 aliphatic carbocycles. The van der Waals surface area contributed by atoms with Gasteiger partial charge in [0.1, 0.15) is 0 Å². The number of β-amino-alcohol motifs (C(OH)–C–C–N with tert-alkyl or cyclic N) is 1. The van der Waals surface area contributed by atoms with Gasteiger partial charge < -0.3 is 5.11 Å². The van der Waals surface area contributed by atoms with Crippen LogP contribution in [0.4, 0.5) is 0 Å². The SMILES string of the molecule is CCC1(O)CN(CC(=O)N2CCCC2=O)C1. The zero-order valence-electron chi connectivity index (χ0n) is 9.61. The average Bonchev–Trinajstić information content (AvgIpc) is 2.61. The summed E-state index contributed by atoms with van der Waals surface area (Å²) in [7, 11) is 0. The molecular formula is C11H18N2O3. The van der Waals surface area contributed by atoms with Gasteiger partial charge in [0, 0.05) is 26.1 Å². The van der Waals surface area contributed by atoms with E-state index in [2.05, 4.69) is 0 Å². The average molecular weight is 226 g/mol. The van der Waals surface area contributed by atoms with Gasteiger partial charge in [-0.15, -0.1) is 0 Å². The standard InChI is InChI=1S/C11H18N2O3/c1-2-11(16)7-12(8-11)6-10(15)13-5-3-4-9(13)14/h16H,2-8H2,1H3. The third-order valence-corrected chi connectivity index (χ3v) is 3.43. The van der Waals surface area contributed by atoms with Gasteiger partial charge in [-0.1, -0.05) is 6.92 Å². The maximum atomic E-state index is 11.7. The summed E-state index contributed by atoms with van der Waals surface area (Å²) < 4.78 is 0. The molecule has 90 valence electrons. The molecule has 0 bridgehead atoms. The van der Waals surface area contributed by atoms with Crippen LogP contribution in [0.2, 0.25) is 0 Å². The fraction of sp³-hybridized carbons (Fsp3) is 0.818. The van der Waals surface area contributed by atoms with Crippen molar-refractivity contribution in [3.05, 3.63) is 0 Å². The van der Waals surface area contributed by atoms with Gasteiger partial charge in [0.2, 0.25) is 11.8 Å². The molecule has 0 aromatic heterocycles. The van der Waals surface area contributed by atoms with Crippen molar-refractivity contribution in [1.29, 1.82) is 0 Å². The summed E-state index contributed by atoms with van der Waals surface area (Å²) in [5.41, 5.74) is -0.616. The fourth-order valence-electron chi connectivity index (χ4n) is 2.31. The molecule has 0 unspecified atom stereocenters. The van der Waals surface area contributed by atoms with E-state index < -0.39 is 5.60 Å². The smallest absolute Gasteiger partial charge is 0.243 e. The molecule has 0 aromatic carbocycles. The number of hydrogen-bond donors (Lipinski definition) is 1. The first-order chi connectivity index (χ1) is 7.54. The van der Waals surface area contributed by atoms with Crippen LogP contribution < -0.4 is 0 Å². The monoisotopic (exact) mass is 226 g/mol. The third-order valence-electron chi connectivity index (χ3n) is 3.43. The topological polar surface area (TPSA) is 60.9 Å². The molecule has 0 saturated carbocycles. The summed E-state index contributed by atoms with van der Waals surface area (Å²) in [4.78, 5) is 26.3. The van der Waals surface area contributed by atoms with Gasteiger partial charge in [-0.3, -0.25) is 19.4 Å². The Labute approximate surface area is 95.0 Å². The highest BCUT2D eigenvalue weighted by atomic mass is 16.3. The number of imide groups is 1. The van der Waals surface area contributed by atoms with E-state index in [0.717, 1.165) is 6.42 Å². The first-order valence-electron chi connectivity index (χ1n) is 5.82. The van der Waals surface area contributed by atoms with Crippen LogP contribution in [0.5, 0.6) is 0 Å². The Bertz CT molecular complexity index is 310.